The molecule has 168 valence electrons. The average Bonchev–Trinajstić information content (AvgIpc) is 2.80. The Morgan fingerprint density at radius 3 is 2.81 bits per heavy atom. The third-order valence-electron chi connectivity index (χ3n) is 5.80. The molecule has 0 saturated carbocycles. The van der Waals surface area contributed by atoms with Gasteiger partial charge in [-0.05, 0) is 56.5 Å². The van der Waals surface area contributed by atoms with Gasteiger partial charge in [0.15, 0.2) is 0 Å². The van der Waals surface area contributed by atoms with E-state index >= 15 is 0 Å². The lowest BCUT2D eigenvalue weighted by Crippen LogP contribution is -2.35. The highest BCUT2D eigenvalue weighted by molar-refractivity contribution is 5.94. The van der Waals surface area contributed by atoms with E-state index in [0.29, 0.717) is 35.4 Å². The Labute approximate surface area is 188 Å². The van der Waals surface area contributed by atoms with Crippen molar-refractivity contribution in [2.24, 2.45) is 0 Å². The number of benzene rings is 2. The van der Waals surface area contributed by atoms with Gasteiger partial charge in [0.25, 0.3) is 0 Å². The smallest absolute Gasteiger partial charge is 0.226 e. The van der Waals surface area contributed by atoms with Crippen LogP contribution in [-0.2, 0) is 11.4 Å². The molecule has 6 heteroatoms. The number of piperidine rings is 1. The minimum absolute atomic E-state index is 0.154. The van der Waals surface area contributed by atoms with Crippen LogP contribution in [0.2, 0.25) is 0 Å². The summed E-state index contributed by atoms with van der Waals surface area (Å²) >= 11 is 0. The Kier molecular flexibility index (Phi) is 6.88. The molecule has 2 aromatic carbocycles. The Hall–Kier alpha value is -3.15. The van der Waals surface area contributed by atoms with Crippen molar-refractivity contribution in [2.75, 3.05) is 18.1 Å². The topological polar surface area (TPSA) is 51.7 Å². The number of aromatic nitrogens is 1. The number of unbranched alkanes of at least 4 members (excludes halogenated alkanes) is 1. The molecule has 2 heterocycles. The number of hydrogen-bond donors (Lipinski definition) is 0. The summed E-state index contributed by atoms with van der Waals surface area (Å²) in [5.41, 5.74) is 3.13. The molecule has 0 bridgehead atoms. The predicted molar refractivity (Wildman–Crippen MR) is 124 cm³/mol. The summed E-state index contributed by atoms with van der Waals surface area (Å²) in [6.07, 6.45) is 4.49. The molecule has 0 spiro atoms. The highest BCUT2D eigenvalue weighted by atomic mass is 19.1. The van der Waals surface area contributed by atoms with Crippen LogP contribution in [-0.4, -0.2) is 24.0 Å². The monoisotopic (exact) mass is 436 g/mol. The first kappa shape index (κ1) is 22.1. The third kappa shape index (κ3) is 4.85. The van der Waals surface area contributed by atoms with Gasteiger partial charge in [0.2, 0.25) is 5.91 Å². The molecule has 0 aliphatic carbocycles. The maximum atomic E-state index is 13.9. The predicted octanol–water partition coefficient (Wildman–Crippen LogP) is 5.96. The number of nitrogens with zero attached hydrogens (tertiary/aromatic N) is 2. The molecule has 1 aromatic heterocycles. The summed E-state index contributed by atoms with van der Waals surface area (Å²) in [5.74, 6) is 1.18. The van der Waals surface area contributed by atoms with Gasteiger partial charge in [-0.3, -0.25) is 4.79 Å². The van der Waals surface area contributed by atoms with E-state index in [9.17, 15) is 9.18 Å². The normalized spacial score (nSPS) is 14.1. The molecule has 0 unspecified atom stereocenters. The van der Waals surface area contributed by atoms with Crippen molar-refractivity contribution in [3.8, 4) is 11.5 Å². The van der Waals surface area contributed by atoms with E-state index in [2.05, 4.69) is 6.92 Å². The van der Waals surface area contributed by atoms with Gasteiger partial charge in [-0.25, -0.2) is 9.37 Å². The van der Waals surface area contributed by atoms with Crippen LogP contribution < -0.4 is 14.4 Å². The number of anilines is 1. The Morgan fingerprint density at radius 1 is 1.12 bits per heavy atom. The maximum absolute atomic E-state index is 13.9. The van der Waals surface area contributed by atoms with E-state index in [-0.39, 0.29) is 18.3 Å². The molecule has 1 aliphatic heterocycles. The van der Waals surface area contributed by atoms with Gasteiger partial charge in [-0.2, -0.15) is 0 Å². The van der Waals surface area contributed by atoms with Crippen molar-refractivity contribution in [1.82, 2.24) is 4.98 Å². The zero-order valence-electron chi connectivity index (χ0n) is 18.7. The van der Waals surface area contributed by atoms with Crippen molar-refractivity contribution in [3.05, 3.63) is 59.5 Å². The van der Waals surface area contributed by atoms with E-state index in [1.54, 1.807) is 6.07 Å². The van der Waals surface area contributed by atoms with Gasteiger partial charge in [0.05, 0.1) is 17.8 Å². The molecular formula is C26H29FN2O3. The fourth-order valence-electron chi connectivity index (χ4n) is 3.97. The van der Waals surface area contributed by atoms with Crippen molar-refractivity contribution >= 4 is 22.5 Å². The molecule has 0 N–H and O–H groups in total. The number of carbonyl (C=O) groups is 1. The molecule has 1 amide bonds. The van der Waals surface area contributed by atoms with Gasteiger partial charge in [-0.1, -0.05) is 19.4 Å². The zero-order valence-corrected chi connectivity index (χ0v) is 18.7. The third-order valence-corrected chi connectivity index (χ3v) is 5.80. The molecule has 0 atom stereocenters. The lowest BCUT2D eigenvalue weighted by molar-refractivity contribution is -0.119. The first-order valence-electron chi connectivity index (χ1n) is 11.3. The van der Waals surface area contributed by atoms with Crippen molar-refractivity contribution in [3.63, 3.8) is 0 Å². The lowest BCUT2D eigenvalue weighted by Gasteiger charge is -2.27. The molecule has 1 aliphatic rings. The number of halogens is 1. The minimum atomic E-state index is -0.313. The van der Waals surface area contributed by atoms with Crippen molar-refractivity contribution in [2.45, 2.75) is 52.6 Å². The largest absolute Gasteiger partial charge is 0.493 e. The van der Waals surface area contributed by atoms with E-state index in [1.807, 2.05) is 36.1 Å². The summed E-state index contributed by atoms with van der Waals surface area (Å²) in [5, 5.41) is 0.674. The Bertz CT molecular complexity index is 1120. The first-order chi connectivity index (χ1) is 15.6. The number of carbonyl (C=O) groups excluding carboxylic acids is 1. The Balaban J connectivity index is 1.58. The number of rotatable bonds is 8. The Morgan fingerprint density at radius 2 is 2.00 bits per heavy atom. The lowest BCUT2D eigenvalue weighted by atomic mass is 10.1. The van der Waals surface area contributed by atoms with Crippen LogP contribution in [0, 0.1) is 12.7 Å². The second-order valence-corrected chi connectivity index (χ2v) is 8.16. The summed E-state index contributed by atoms with van der Waals surface area (Å²) in [6.45, 7) is 5.59. The quantitative estimate of drug-likeness (QED) is 0.409. The van der Waals surface area contributed by atoms with Gasteiger partial charge in [-0.15, -0.1) is 0 Å². The maximum Gasteiger partial charge on any atom is 0.226 e. The molecule has 3 aromatic rings. The van der Waals surface area contributed by atoms with Crippen LogP contribution >= 0.6 is 0 Å². The van der Waals surface area contributed by atoms with Crippen LogP contribution in [0.25, 0.3) is 10.9 Å². The van der Waals surface area contributed by atoms with Crippen LogP contribution in [0.1, 0.15) is 50.3 Å². The van der Waals surface area contributed by atoms with Crippen LogP contribution in [0.4, 0.5) is 10.1 Å². The van der Waals surface area contributed by atoms with Gasteiger partial charge >= 0.3 is 0 Å². The van der Waals surface area contributed by atoms with Crippen molar-refractivity contribution < 1.29 is 18.7 Å². The van der Waals surface area contributed by atoms with E-state index in [4.69, 9.17) is 14.5 Å². The molecule has 4 rings (SSSR count). The van der Waals surface area contributed by atoms with Crippen LogP contribution in [0.15, 0.2) is 42.5 Å². The highest BCUT2D eigenvalue weighted by Gasteiger charge is 2.20. The summed E-state index contributed by atoms with van der Waals surface area (Å²) in [6, 6.07) is 12.2. The van der Waals surface area contributed by atoms with Crippen LogP contribution in [0.5, 0.6) is 11.5 Å². The van der Waals surface area contributed by atoms with Crippen LogP contribution in [0.3, 0.4) is 0 Å². The second-order valence-electron chi connectivity index (χ2n) is 8.16. The van der Waals surface area contributed by atoms with Crippen molar-refractivity contribution in [1.29, 1.82) is 0 Å². The molecule has 5 nitrogen and oxygen atoms in total. The summed E-state index contributed by atoms with van der Waals surface area (Å²) in [4.78, 5) is 18.8. The van der Waals surface area contributed by atoms with Gasteiger partial charge in [0.1, 0.15) is 23.9 Å². The second kappa shape index (κ2) is 9.98. The fraction of sp³-hybridized carbons (Fsp3) is 0.385. The van der Waals surface area contributed by atoms with E-state index in [0.717, 1.165) is 49.2 Å². The number of hydrogen-bond acceptors (Lipinski definition) is 4. The molecule has 0 radical (unpaired) electrons. The van der Waals surface area contributed by atoms with Gasteiger partial charge < -0.3 is 14.4 Å². The average molecular weight is 437 g/mol. The van der Waals surface area contributed by atoms with E-state index < -0.39 is 0 Å². The zero-order chi connectivity index (χ0) is 22.5. The summed E-state index contributed by atoms with van der Waals surface area (Å²) < 4.78 is 26.0. The molecule has 32 heavy (non-hydrogen) atoms. The number of amides is 1. The number of pyridine rings is 1. The molecular weight excluding hydrogens is 407 g/mol. The summed E-state index contributed by atoms with van der Waals surface area (Å²) in [7, 11) is 0. The SMILES string of the molecule is CCCCOc1c(C)c(COc2cccc(N3CCCCC3=O)c2)nc2ccc(F)cc12. The number of ether oxygens (including phenoxy) is 2. The van der Waals surface area contributed by atoms with E-state index in [1.165, 1.54) is 12.1 Å². The minimum Gasteiger partial charge on any atom is -0.493 e. The fourth-order valence-corrected chi connectivity index (χ4v) is 3.97. The van der Waals surface area contributed by atoms with Gasteiger partial charge in [0, 0.05) is 35.7 Å². The first-order valence-corrected chi connectivity index (χ1v) is 11.3. The standard InChI is InChI=1S/C26H29FN2O3/c1-3-4-14-31-26-18(2)24(28-23-12-11-19(27)15-22(23)26)17-32-21-9-7-8-20(16-21)29-13-6-5-10-25(29)30/h7-9,11-12,15-16H,3-6,10,13-14,17H2,1-2H3. The molecule has 1 fully saturated rings. The highest BCUT2D eigenvalue weighted by Crippen LogP contribution is 2.32. The molecule has 1 saturated heterocycles. The number of fused-ring (bicyclic) bond motifs is 1.